The summed E-state index contributed by atoms with van der Waals surface area (Å²) in [5.74, 6) is 0.209. The Balaban J connectivity index is 1.55. The molecule has 0 aliphatic carbocycles. The molecule has 0 unspecified atom stereocenters. The number of nitrogens with one attached hydrogen (secondary N) is 4. The summed E-state index contributed by atoms with van der Waals surface area (Å²) in [4.78, 5) is 60.0. The SMILES string of the molecule is COc1ccc(/C=C/CN2CCCC(=O)N[C@@H](C)C(=O)N[C@H](Cc3ccccc3)C(=O)N[C@@H](C(C)C)c3nc(C)nn3CC(=O)NCC2)cc1. The van der Waals surface area contributed by atoms with Crippen LogP contribution in [0.3, 0.4) is 0 Å². The summed E-state index contributed by atoms with van der Waals surface area (Å²) in [6.45, 7) is 9.29. The molecule has 268 valence electrons. The summed E-state index contributed by atoms with van der Waals surface area (Å²) >= 11 is 0. The Labute approximate surface area is 294 Å². The Morgan fingerprint density at radius 1 is 0.940 bits per heavy atom. The topological polar surface area (TPSA) is 160 Å². The first kappa shape index (κ1) is 37.8. The van der Waals surface area contributed by atoms with Crippen molar-refractivity contribution >= 4 is 29.7 Å². The zero-order valence-corrected chi connectivity index (χ0v) is 29.6. The van der Waals surface area contributed by atoms with Crippen molar-refractivity contribution in [3.05, 3.63) is 83.4 Å². The smallest absolute Gasteiger partial charge is 0.243 e. The van der Waals surface area contributed by atoms with Crippen LogP contribution in [0.5, 0.6) is 5.75 Å². The van der Waals surface area contributed by atoms with Gasteiger partial charge in [-0.05, 0) is 56.0 Å². The van der Waals surface area contributed by atoms with Crippen molar-refractivity contribution < 1.29 is 23.9 Å². The molecule has 4 rings (SSSR count). The molecule has 3 atom stereocenters. The fraction of sp³-hybridized carbons (Fsp3) is 0.459. The number of benzene rings is 2. The highest BCUT2D eigenvalue weighted by molar-refractivity contribution is 5.92. The van der Waals surface area contributed by atoms with Crippen molar-refractivity contribution in [2.24, 2.45) is 5.92 Å². The number of methoxy groups -OCH3 is 1. The summed E-state index contributed by atoms with van der Waals surface area (Å²) in [5.41, 5.74) is 1.89. The second-order valence-electron chi connectivity index (χ2n) is 12.9. The number of aromatic nitrogens is 3. The van der Waals surface area contributed by atoms with E-state index in [1.54, 1.807) is 21.0 Å². The van der Waals surface area contributed by atoms with Gasteiger partial charge >= 0.3 is 0 Å². The molecular formula is C37H50N8O5. The first-order valence-corrected chi connectivity index (χ1v) is 17.2. The molecule has 3 aromatic rings. The third kappa shape index (κ3) is 11.5. The van der Waals surface area contributed by atoms with Crippen LogP contribution in [-0.4, -0.2) is 88.7 Å². The number of fused-ring (bicyclic) bond motifs is 1. The fourth-order valence-corrected chi connectivity index (χ4v) is 5.69. The zero-order chi connectivity index (χ0) is 36.0. The Morgan fingerprint density at radius 2 is 1.68 bits per heavy atom. The predicted octanol–water partition coefficient (Wildman–Crippen LogP) is 2.57. The van der Waals surface area contributed by atoms with Gasteiger partial charge < -0.3 is 26.0 Å². The van der Waals surface area contributed by atoms with Gasteiger partial charge in [0.15, 0.2) is 5.82 Å². The highest BCUT2D eigenvalue weighted by atomic mass is 16.5. The molecule has 0 saturated heterocycles. The lowest BCUT2D eigenvalue weighted by Gasteiger charge is -2.27. The highest BCUT2D eigenvalue weighted by Gasteiger charge is 2.30. The maximum atomic E-state index is 13.9. The van der Waals surface area contributed by atoms with E-state index in [4.69, 9.17) is 4.74 Å². The summed E-state index contributed by atoms with van der Waals surface area (Å²) in [6, 6.07) is 14.8. The number of carbonyl (C=O) groups excluding carboxylic acids is 4. The number of nitrogens with zero attached hydrogens (tertiary/aromatic N) is 4. The maximum absolute atomic E-state index is 13.9. The van der Waals surface area contributed by atoms with E-state index < -0.39 is 29.9 Å². The van der Waals surface area contributed by atoms with Gasteiger partial charge in [0.2, 0.25) is 23.6 Å². The molecule has 1 aliphatic rings. The van der Waals surface area contributed by atoms with Crippen LogP contribution in [0.15, 0.2) is 60.7 Å². The molecule has 4 amide bonds. The molecule has 13 nitrogen and oxygen atoms in total. The van der Waals surface area contributed by atoms with Crippen molar-refractivity contribution in [3.63, 3.8) is 0 Å². The number of amides is 4. The molecule has 4 N–H and O–H groups in total. The standard InChI is InChI=1S/C37H50N8O5/c1-25(2)34-35-40-27(4)43-45(35)24-33(47)38-19-22-44(20-9-13-28-15-17-30(50-5)18-16-28)21-10-14-32(46)39-26(3)36(48)41-31(37(49)42-34)23-29-11-7-6-8-12-29/h6-9,11-13,15-18,25-26,31,34H,10,14,19-24H2,1-5H3,(H,38,47)(H,39,46)(H,41,48)(H,42,49)/b13-9+/t26-,31+,34-/m0/s1. The van der Waals surface area contributed by atoms with Crippen LogP contribution in [-0.2, 0) is 32.1 Å². The van der Waals surface area contributed by atoms with Crippen molar-refractivity contribution in [3.8, 4) is 5.75 Å². The molecule has 2 aromatic carbocycles. The van der Waals surface area contributed by atoms with Gasteiger partial charge in [-0.25, -0.2) is 9.67 Å². The third-order valence-electron chi connectivity index (χ3n) is 8.45. The fourth-order valence-electron chi connectivity index (χ4n) is 5.69. The monoisotopic (exact) mass is 686 g/mol. The first-order chi connectivity index (χ1) is 24.0. The van der Waals surface area contributed by atoms with E-state index in [0.29, 0.717) is 44.2 Å². The minimum atomic E-state index is -0.934. The van der Waals surface area contributed by atoms with Crippen LogP contribution in [0.25, 0.3) is 6.08 Å². The first-order valence-electron chi connectivity index (χ1n) is 17.2. The van der Waals surface area contributed by atoms with Crippen LogP contribution >= 0.6 is 0 Å². The van der Waals surface area contributed by atoms with E-state index >= 15 is 0 Å². The maximum Gasteiger partial charge on any atom is 0.243 e. The molecular weight excluding hydrogens is 636 g/mol. The summed E-state index contributed by atoms with van der Waals surface area (Å²) in [7, 11) is 1.63. The molecule has 2 heterocycles. The molecule has 0 fully saturated rings. The normalized spacial score (nSPS) is 20.8. The Morgan fingerprint density at radius 3 is 2.38 bits per heavy atom. The van der Waals surface area contributed by atoms with Gasteiger partial charge in [-0.15, -0.1) is 0 Å². The number of hydrogen-bond donors (Lipinski definition) is 4. The molecule has 50 heavy (non-hydrogen) atoms. The number of ether oxygens (including phenoxy) is 1. The van der Waals surface area contributed by atoms with Gasteiger partial charge in [-0.1, -0.05) is 68.5 Å². The number of hydrogen-bond acceptors (Lipinski definition) is 8. The van der Waals surface area contributed by atoms with E-state index in [2.05, 4.69) is 36.2 Å². The van der Waals surface area contributed by atoms with Gasteiger partial charge in [0.05, 0.1) is 13.2 Å². The van der Waals surface area contributed by atoms with Crippen molar-refractivity contribution in [1.29, 1.82) is 0 Å². The second kappa shape index (κ2) is 18.6. The van der Waals surface area contributed by atoms with Crippen LogP contribution in [0.1, 0.15) is 62.4 Å². The Hall–Kier alpha value is -5.04. The van der Waals surface area contributed by atoms with Gasteiger partial charge in [0.25, 0.3) is 0 Å². The summed E-state index contributed by atoms with van der Waals surface area (Å²) in [5, 5.41) is 16.2. The van der Waals surface area contributed by atoms with Crippen molar-refractivity contribution in [1.82, 2.24) is 40.9 Å². The molecule has 0 radical (unpaired) electrons. The minimum absolute atomic E-state index is 0.0749. The van der Waals surface area contributed by atoms with Gasteiger partial charge in [-0.2, -0.15) is 5.10 Å². The average molecular weight is 687 g/mol. The minimum Gasteiger partial charge on any atom is -0.497 e. The van der Waals surface area contributed by atoms with E-state index in [0.717, 1.165) is 16.9 Å². The van der Waals surface area contributed by atoms with E-state index in [9.17, 15) is 19.2 Å². The highest BCUT2D eigenvalue weighted by Crippen LogP contribution is 2.21. The Kier molecular flexibility index (Phi) is 14.1. The lowest BCUT2D eigenvalue weighted by Crippen LogP contribution is -2.54. The Bertz CT molecular complexity index is 1610. The third-order valence-corrected chi connectivity index (χ3v) is 8.45. The second-order valence-corrected chi connectivity index (χ2v) is 12.9. The van der Waals surface area contributed by atoms with Gasteiger partial charge in [-0.3, -0.25) is 24.1 Å². The molecule has 13 heteroatoms. The van der Waals surface area contributed by atoms with Gasteiger partial charge in [0.1, 0.15) is 30.2 Å². The predicted molar refractivity (Wildman–Crippen MR) is 191 cm³/mol. The number of rotatable bonds is 7. The lowest BCUT2D eigenvalue weighted by molar-refractivity contribution is -0.132. The van der Waals surface area contributed by atoms with Crippen LogP contribution in [0, 0.1) is 12.8 Å². The summed E-state index contributed by atoms with van der Waals surface area (Å²) in [6.07, 6.45) is 5.06. The van der Waals surface area contributed by atoms with E-state index in [-0.39, 0.29) is 37.1 Å². The molecule has 1 aliphatic heterocycles. The van der Waals surface area contributed by atoms with Gasteiger partial charge in [0, 0.05) is 32.5 Å². The van der Waals surface area contributed by atoms with E-state index in [1.807, 2.05) is 80.6 Å². The molecule has 0 saturated carbocycles. The quantitative estimate of drug-likeness (QED) is 0.295. The van der Waals surface area contributed by atoms with Crippen molar-refractivity contribution in [2.75, 3.05) is 33.3 Å². The molecule has 0 spiro atoms. The number of carbonyl (C=O) groups is 4. The van der Waals surface area contributed by atoms with Crippen LogP contribution < -0.4 is 26.0 Å². The zero-order valence-electron chi connectivity index (χ0n) is 29.6. The van der Waals surface area contributed by atoms with Crippen LogP contribution in [0.4, 0.5) is 0 Å². The molecule has 1 aromatic heterocycles. The molecule has 0 bridgehead atoms. The average Bonchev–Trinajstić information content (AvgIpc) is 3.45. The number of aryl methyl sites for hydroxylation is 1. The largest absolute Gasteiger partial charge is 0.497 e. The van der Waals surface area contributed by atoms with E-state index in [1.165, 1.54) is 4.68 Å². The summed E-state index contributed by atoms with van der Waals surface area (Å²) < 4.78 is 6.78. The van der Waals surface area contributed by atoms with Crippen molar-refractivity contribution in [2.45, 2.75) is 71.6 Å². The lowest BCUT2D eigenvalue weighted by atomic mass is 10.0. The van der Waals surface area contributed by atoms with Crippen LogP contribution in [0.2, 0.25) is 0 Å².